The Kier molecular flexibility index (Phi) is 3.69. The van der Waals surface area contributed by atoms with Gasteiger partial charge in [0.25, 0.3) is 0 Å². The summed E-state index contributed by atoms with van der Waals surface area (Å²) >= 11 is 0. The minimum Gasteiger partial charge on any atom is -0.481 e. The number of carbonyl (C=O) groups is 1. The van der Waals surface area contributed by atoms with Gasteiger partial charge in [-0.25, -0.2) is 0 Å². The number of hydrogen-bond donors (Lipinski definition) is 2. The summed E-state index contributed by atoms with van der Waals surface area (Å²) in [5.41, 5.74) is 0.715. The van der Waals surface area contributed by atoms with Gasteiger partial charge in [-0.15, -0.1) is 0 Å². The van der Waals surface area contributed by atoms with Crippen molar-refractivity contribution in [3.8, 4) is 5.88 Å². The van der Waals surface area contributed by atoms with E-state index in [1.165, 1.54) is 0 Å². The van der Waals surface area contributed by atoms with E-state index in [-0.39, 0.29) is 11.8 Å². The first kappa shape index (κ1) is 12.7. The Hall–Kier alpha value is -1.78. The molecular weight excluding hydrogens is 230 g/mol. The zero-order valence-corrected chi connectivity index (χ0v) is 11.0. The molecular formula is C13H19N3O2. The van der Waals surface area contributed by atoms with Crippen LogP contribution in [0.3, 0.4) is 0 Å². The van der Waals surface area contributed by atoms with Crippen molar-refractivity contribution < 1.29 is 9.53 Å². The van der Waals surface area contributed by atoms with Gasteiger partial charge in [0.05, 0.1) is 18.7 Å². The van der Waals surface area contributed by atoms with Gasteiger partial charge in [-0.1, -0.05) is 13.8 Å². The molecule has 1 aromatic rings. The summed E-state index contributed by atoms with van der Waals surface area (Å²) in [6, 6.07) is 3.55. The van der Waals surface area contributed by atoms with E-state index in [1.807, 2.05) is 6.07 Å². The summed E-state index contributed by atoms with van der Waals surface area (Å²) < 4.78 is 5.08. The number of ether oxygens (including phenoxy) is 1. The quantitative estimate of drug-likeness (QED) is 0.861. The fourth-order valence-corrected chi connectivity index (χ4v) is 2.10. The molecule has 0 aromatic carbocycles. The first-order valence-corrected chi connectivity index (χ1v) is 6.20. The van der Waals surface area contributed by atoms with Crippen molar-refractivity contribution in [2.75, 3.05) is 24.3 Å². The van der Waals surface area contributed by atoms with Gasteiger partial charge in [-0.2, -0.15) is 4.98 Å². The van der Waals surface area contributed by atoms with Crippen LogP contribution in [0.1, 0.15) is 20.3 Å². The molecule has 2 heterocycles. The van der Waals surface area contributed by atoms with Crippen molar-refractivity contribution in [1.29, 1.82) is 0 Å². The molecule has 2 N–H and O–H groups in total. The van der Waals surface area contributed by atoms with Gasteiger partial charge >= 0.3 is 0 Å². The van der Waals surface area contributed by atoms with Crippen molar-refractivity contribution in [2.24, 2.45) is 11.8 Å². The molecule has 0 radical (unpaired) electrons. The number of aromatic nitrogens is 1. The highest BCUT2D eigenvalue weighted by atomic mass is 16.5. The Morgan fingerprint density at radius 2 is 2.28 bits per heavy atom. The standard InChI is InChI=1S/C13H19N3O2/c1-8(2)6-9-7-14-12-10(15-13(9)17)4-5-11(16-12)18-3/h4-5,8-9H,6-7H2,1-3H3,(H,14,16)(H,15,17). The highest BCUT2D eigenvalue weighted by Crippen LogP contribution is 2.27. The van der Waals surface area contributed by atoms with Gasteiger partial charge in [0.15, 0.2) is 5.82 Å². The summed E-state index contributed by atoms with van der Waals surface area (Å²) in [5, 5.41) is 6.12. The Morgan fingerprint density at radius 1 is 1.50 bits per heavy atom. The van der Waals surface area contributed by atoms with Gasteiger partial charge in [-0.3, -0.25) is 4.79 Å². The van der Waals surface area contributed by atoms with Crippen molar-refractivity contribution in [2.45, 2.75) is 20.3 Å². The number of fused-ring (bicyclic) bond motifs is 1. The zero-order valence-electron chi connectivity index (χ0n) is 11.0. The molecule has 2 rings (SSSR count). The molecule has 1 aliphatic rings. The van der Waals surface area contributed by atoms with E-state index in [0.717, 1.165) is 6.42 Å². The summed E-state index contributed by atoms with van der Waals surface area (Å²) in [7, 11) is 1.57. The molecule has 0 saturated heterocycles. The van der Waals surface area contributed by atoms with E-state index >= 15 is 0 Å². The van der Waals surface area contributed by atoms with Gasteiger partial charge in [0.2, 0.25) is 11.8 Å². The van der Waals surface area contributed by atoms with Crippen LogP contribution in [0.5, 0.6) is 5.88 Å². The predicted molar refractivity (Wildman–Crippen MR) is 70.9 cm³/mol. The smallest absolute Gasteiger partial charge is 0.229 e. The number of amides is 1. The van der Waals surface area contributed by atoms with Crippen LogP contribution in [0.15, 0.2) is 12.1 Å². The molecule has 5 nitrogen and oxygen atoms in total. The van der Waals surface area contributed by atoms with Gasteiger partial charge in [0, 0.05) is 12.6 Å². The van der Waals surface area contributed by atoms with Crippen LogP contribution < -0.4 is 15.4 Å². The number of nitrogens with one attached hydrogen (secondary N) is 2. The van der Waals surface area contributed by atoms with Crippen LogP contribution in [-0.4, -0.2) is 24.5 Å². The molecule has 0 fully saturated rings. The number of hydrogen-bond acceptors (Lipinski definition) is 4. The van der Waals surface area contributed by atoms with Crippen molar-refractivity contribution in [3.05, 3.63) is 12.1 Å². The molecule has 1 aromatic heterocycles. The molecule has 98 valence electrons. The van der Waals surface area contributed by atoms with Gasteiger partial charge < -0.3 is 15.4 Å². The molecule has 1 aliphatic heterocycles. The summed E-state index contributed by atoms with van der Waals surface area (Å²) in [6.07, 6.45) is 0.865. The number of anilines is 2. The Labute approximate surface area is 107 Å². The second-order valence-electron chi connectivity index (χ2n) is 4.95. The van der Waals surface area contributed by atoms with E-state index in [2.05, 4.69) is 29.5 Å². The van der Waals surface area contributed by atoms with Crippen LogP contribution in [0, 0.1) is 11.8 Å². The van der Waals surface area contributed by atoms with Crippen LogP contribution in [-0.2, 0) is 4.79 Å². The third kappa shape index (κ3) is 2.72. The highest BCUT2D eigenvalue weighted by molar-refractivity contribution is 5.96. The lowest BCUT2D eigenvalue weighted by Gasteiger charge is -2.14. The normalized spacial score (nSPS) is 18.7. The van der Waals surface area contributed by atoms with E-state index in [9.17, 15) is 4.79 Å². The lowest BCUT2D eigenvalue weighted by atomic mass is 9.96. The molecule has 0 spiro atoms. The minimum atomic E-state index is -0.0230. The third-order valence-corrected chi connectivity index (χ3v) is 2.98. The zero-order chi connectivity index (χ0) is 13.1. The molecule has 1 unspecified atom stereocenters. The van der Waals surface area contributed by atoms with E-state index in [1.54, 1.807) is 13.2 Å². The number of carbonyl (C=O) groups excluding carboxylic acids is 1. The molecule has 0 saturated carbocycles. The average Bonchev–Trinajstić information content (AvgIpc) is 2.48. The fourth-order valence-electron chi connectivity index (χ4n) is 2.10. The monoisotopic (exact) mass is 249 g/mol. The molecule has 1 amide bonds. The molecule has 5 heteroatoms. The maximum atomic E-state index is 12.1. The van der Waals surface area contributed by atoms with Gasteiger partial charge in [-0.05, 0) is 18.4 Å². The van der Waals surface area contributed by atoms with E-state index < -0.39 is 0 Å². The van der Waals surface area contributed by atoms with Crippen LogP contribution in [0.25, 0.3) is 0 Å². The number of nitrogens with zero attached hydrogens (tertiary/aromatic N) is 1. The number of methoxy groups -OCH3 is 1. The predicted octanol–water partition coefficient (Wildman–Crippen LogP) is 2.12. The second-order valence-corrected chi connectivity index (χ2v) is 4.95. The lowest BCUT2D eigenvalue weighted by Crippen LogP contribution is -2.27. The van der Waals surface area contributed by atoms with E-state index in [4.69, 9.17) is 4.74 Å². The topological polar surface area (TPSA) is 63.2 Å². The highest BCUT2D eigenvalue weighted by Gasteiger charge is 2.24. The Balaban J connectivity index is 2.18. The van der Waals surface area contributed by atoms with Crippen LogP contribution in [0.2, 0.25) is 0 Å². The fraction of sp³-hybridized carbons (Fsp3) is 0.538. The van der Waals surface area contributed by atoms with E-state index in [0.29, 0.717) is 29.8 Å². The maximum absolute atomic E-state index is 12.1. The molecule has 0 aliphatic carbocycles. The summed E-state index contributed by atoms with van der Waals surface area (Å²) in [6.45, 7) is 4.84. The molecule has 1 atom stereocenters. The summed E-state index contributed by atoms with van der Waals surface area (Å²) in [4.78, 5) is 16.3. The first-order chi connectivity index (χ1) is 8.60. The first-order valence-electron chi connectivity index (χ1n) is 6.20. The number of rotatable bonds is 3. The Morgan fingerprint density at radius 3 is 2.94 bits per heavy atom. The number of pyridine rings is 1. The summed E-state index contributed by atoms with van der Waals surface area (Å²) in [5.74, 6) is 1.74. The third-order valence-electron chi connectivity index (χ3n) is 2.98. The average molecular weight is 249 g/mol. The van der Waals surface area contributed by atoms with Gasteiger partial charge in [0.1, 0.15) is 0 Å². The van der Waals surface area contributed by atoms with Crippen molar-refractivity contribution in [3.63, 3.8) is 0 Å². The largest absolute Gasteiger partial charge is 0.481 e. The molecule has 0 bridgehead atoms. The molecule has 18 heavy (non-hydrogen) atoms. The Bertz CT molecular complexity index is 446. The van der Waals surface area contributed by atoms with Crippen molar-refractivity contribution >= 4 is 17.4 Å². The minimum absolute atomic E-state index is 0.0230. The lowest BCUT2D eigenvalue weighted by molar-refractivity contribution is -0.119. The maximum Gasteiger partial charge on any atom is 0.229 e. The van der Waals surface area contributed by atoms with Crippen LogP contribution in [0.4, 0.5) is 11.5 Å². The van der Waals surface area contributed by atoms with Crippen molar-refractivity contribution in [1.82, 2.24) is 4.98 Å². The van der Waals surface area contributed by atoms with Crippen LogP contribution >= 0.6 is 0 Å². The second kappa shape index (κ2) is 5.25. The SMILES string of the molecule is COc1ccc2c(n1)NCC(CC(C)C)C(=O)N2.